The zero-order valence-electron chi connectivity index (χ0n) is 14.6. The van der Waals surface area contributed by atoms with E-state index >= 15 is 0 Å². The second-order valence-electron chi connectivity index (χ2n) is 7.14. The fraction of sp³-hybridized carbons (Fsp3) is 0.579. The maximum atomic E-state index is 12.7. The molecule has 0 spiro atoms. The molecule has 0 N–H and O–H groups in total. The molecule has 25 heavy (non-hydrogen) atoms. The van der Waals surface area contributed by atoms with Crippen LogP contribution >= 0.6 is 0 Å². The third-order valence-electron chi connectivity index (χ3n) is 5.24. The number of hydrogen-bond acceptors (Lipinski definition) is 4. The van der Waals surface area contributed by atoms with E-state index in [1.54, 1.807) is 0 Å². The van der Waals surface area contributed by atoms with Crippen molar-refractivity contribution in [3.05, 3.63) is 36.3 Å². The van der Waals surface area contributed by atoms with Gasteiger partial charge in [0.05, 0.1) is 25.3 Å². The molecule has 134 valence electrons. The topological polar surface area (TPSA) is 50.1 Å². The average molecular weight is 342 g/mol. The molecule has 6 nitrogen and oxygen atoms in total. The van der Waals surface area contributed by atoms with Crippen LogP contribution in [0.5, 0.6) is 0 Å². The van der Waals surface area contributed by atoms with Crippen LogP contribution in [0.3, 0.4) is 0 Å². The van der Waals surface area contributed by atoms with Crippen LogP contribution in [0.25, 0.3) is 5.65 Å². The lowest BCUT2D eigenvalue weighted by Gasteiger charge is -2.36. The zero-order valence-corrected chi connectivity index (χ0v) is 14.6. The highest BCUT2D eigenvalue weighted by Gasteiger charge is 2.26. The van der Waals surface area contributed by atoms with E-state index in [0.717, 1.165) is 63.7 Å². The Kier molecular flexibility index (Phi) is 4.99. The molecule has 4 heterocycles. The Morgan fingerprint density at radius 3 is 2.96 bits per heavy atom. The first-order chi connectivity index (χ1) is 12.3. The number of fused-ring (bicyclic) bond motifs is 1. The van der Waals surface area contributed by atoms with Crippen molar-refractivity contribution in [2.75, 3.05) is 45.9 Å². The molecule has 1 amide bonds. The first-order valence-corrected chi connectivity index (χ1v) is 9.28. The summed E-state index contributed by atoms with van der Waals surface area (Å²) in [5.74, 6) is 0.784. The summed E-state index contributed by atoms with van der Waals surface area (Å²) in [6, 6.07) is 5.91. The lowest BCUT2D eigenvalue weighted by molar-refractivity contribution is -0.132. The van der Waals surface area contributed by atoms with Crippen LogP contribution in [-0.4, -0.2) is 71.0 Å². The van der Waals surface area contributed by atoms with Crippen molar-refractivity contribution in [3.8, 4) is 0 Å². The molecule has 2 fully saturated rings. The van der Waals surface area contributed by atoms with Crippen LogP contribution in [0.1, 0.15) is 18.5 Å². The van der Waals surface area contributed by atoms with Crippen LogP contribution in [-0.2, 0) is 16.0 Å². The normalized spacial score (nSPS) is 22.4. The van der Waals surface area contributed by atoms with Crippen molar-refractivity contribution in [3.63, 3.8) is 0 Å². The molecule has 2 aliphatic rings. The Morgan fingerprint density at radius 1 is 1.24 bits per heavy atom. The van der Waals surface area contributed by atoms with E-state index in [1.165, 1.54) is 6.42 Å². The van der Waals surface area contributed by atoms with Crippen LogP contribution in [0.4, 0.5) is 0 Å². The number of piperidine rings is 1. The summed E-state index contributed by atoms with van der Waals surface area (Å²) in [5, 5.41) is 0. The smallest absolute Gasteiger partial charge is 0.228 e. The van der Waals surface area contributed by atoms with Gasteiger partial charge in [-0.05, 0) is 30.9 Å². The van der Waals surface area contributed by atoms with Gasteiger partial charge >= 0.3 is 0 Å². The highest BCUT2D eigenvalue weighted by atomic mass is 16.5. The van der Waals surface area contributed by atoms with Gasteiger partial charge in [-0.25, -0.2) is 4.98 Å². The monoisotopic (exact) mass is 342 g/mol. The van der Waals surface area contributed by atoms with Gasteiger partial charge in [-0.2, -0.15) is 0 Å². The van der Waals surface area contributed by atoms with E-state index < -0.39 is 0 Å². The lowest BCUT2D eigenvalue weighted by Crippen LogP contribution is -2.46. The molecule has 0 radical (unpaired) electrons. The lowest BCUT2D eigenvalue weighted by atomic mass is 9.97. The quantitative estimate of drug-likeness (QED) is 0.844. The number of nitrogens with zero attached hydrogens (tertiary/aromatic N) is 4. The molecule has 6 heteroatoms. The average Bonchev–Trinajstić information content (AvgIpc) is 3.05. The molecule has 0 saturated carbocycles. The Bertz CT molecular complexity index is 690. The van der Waals surface area contributed by atoms with Crippen LogP contribution in [0, 0.1) is 5.92 Å². The van der Waals surface area contributed by atoms with Crippen molar-refractivity contribution in [2.24, 2.45) is 5.92 Å². The highest BCUT2D eigenvalue weighted by molar-refractivity contribution is 5.78. The molecule has 2 saturated heterocycles. The van der Waals surface area contributed by atoms with Gasteiger partial charge in [-0.15, -0.1) is 0 Å². The van der Waals surface area contributed by atoms with Crippen molar-refractivity contribution >= 4 is 11.6 Å². The summed E-state index contributed by atoms with van der Waals surface area (Å²) < 4.78 is 7.40. The van der Waals surface area contributed by atoms with E-state index in [-0.39, 0.29) is 5.91 Å². The summed E-state index contributed by atoms with van der Waals surface area (Å²) >= 11 is 0. The number of carbonyl (C=O) groups is 1. The summed E-state index contributed by atoms with van der Waals surface area (Å²) in [6.07, 6.45) is 6.64. The van der Waals surface area contributed by atoms with Gasteiger partial charge in [-0.3, -0.25) is 9.69 Å². The third kappa shape index (κ3) is 4.02. The number of amides is 1. The Morgan fingerprint density at radius 2 is 2.12 bits per heavy atom. The summed E-state index contributed by atoms with van der Waals surface area (Å²) in [4.78, 5) is 21.8. The molecular weight excluding hydrogens is 316 g/mol. The van der Waals surface area contributed by atoms with E-state index in [4.69, 9.17) is 4.74 Å². The molecule has 0 aromatic carbocycles. The molecule has 2 aromatic rings. The molecule has 2 aromatic heterocycles. The standard InChI is InChI=1S/C19H26N4O2/c24-19(12-17-15-22-6-2-1-5-18(22)20-17)23-7-3-4-16(14-23)13-21-8-10-25-11-9-21/h1-2,5-6,15-16H,3-4,7-14H2. The van der Waals surface area contributed by atoms with Crippen LogP contribution in [0.15, 0.2) is 30.6 Å². The van der Waals surface area contributed by atoms with Crippen molar-refractivity contribution in [2.45, 2.75) is 19.3 Å². The number of imidazole rings is 1. The minimum atomic E-state index is 0.204. The first kappa shape index (κ1) is 16.5. The maximum Gasteiger partial charge on any atom is 0.228 e. The molecule has 1 atom stereocenters. The van der Waals surface area contributed by atoms with Crippen LogP contribution < -0.4 is 0 Å². The number of ether oxygens (including phenoxy) is 1. The zero-order chi connectivity index (χ0) is 17.1. The molecular formula is C19H26N4O2. The Balaban J connectivity index is 1.34. The summed E-state index contributed by atoms with van der Waals surface area (Å²) in [5.41, 5.74) is 1.75. The maximum absolute atomic E-state index is 12.7. The number of aromatic nitrogens is 2. The summed E-state index contributed by atoms with van der Waals surface area (Å²) in [7, 11) is 0. The fourth-order valence-corrected chi connectivity index (χ4v) is 3.93. The van der Waals surface area contributed by atoms with Crippen LogP contribution in [0.2, 0.25) is 0 Å². The van der Waals surface area contributed by atoms with Gasteiger partial charge < -0.3 is 14.0 Å². The number of pyridine rings is 1. The van der Waals surface area contributed by atoms with Crippen molar-refractivity contribution in [1.29, 1.82) is 0 Å². The number of carbonyl (C=O) groups excluding carboxylic acids is 1. The number of hydrogen-bond donors (Lipinski definition) is 0. The van der Waals surface area contributed by atoms with Gasteiger partial charge in [0.2, 0.25) is 5.91 Å². The largest absolute Gasteiger partial charge is 0.379 e. The number of rotatable bonds is 4. The predicted octanol–water partition coefficient (Wildman–Crippen LogP) is 1.45. The molecule has 0 bridgehead atoms. The fourth-order valence-electron chi connectivity index (χ4n) is 3.93. The van der Waals surface area contributed by atoms with Gasteiger partial charge in [-0.1, -0.05) is 6.07 Å². The SMILES string of the molecule is O=C(Cc1cn2ccccc2n1)N1CCCC(CN2CCOCC2)C1. The van der Waals surface area contributed by atoms with E-state index in [9.17, 15) is 4.79 Å². The first-order valence-electron chi connectivity index (χ1n) is 9.28. The minimum Gasteiger partial charge on any atom is -0.379 e. The second kappa shape index (κ2) is 7.54. The van der Waals surface area contributed by atoms with Gasteiger partial charge in [0.15, 0.2) is 0 Å². The predicted molar refractivity (Wildman–Crippen MR) is 95.5 cm³/mol. The molecule has 4 rings (SSSR count). The number of likely N-dealkylation sites (tertiary alicyclic amines) is 1. The minimum absolute atomic E-state index is 0.204. The summed E-state index contributed by atoms with van der Waals surface area (Å²) in [6.45, 7) is 6.56. The second-order valence-corrected chi connectivity index (χ2v) is 7.14. The van der Waals surface area contributed by atoms with Crippen molar-refractivity contribution < 1.29 is 9.53 Å². The Labute approximate surface area is 148 Å². The van der Waals surface area contributed by atoms with E-state index in [0.29, 0.717) is 12.3 Å². The molecule has 2 aliphatic heterocycles. The molecule has 0 aliphatic carbocycles. The van der Waals surface area contributed by atoms with E-state index in [1.807, 2.05) is 39.9 Å². The third-order valence-corrected chi connectivity index (χ3v) is 5.24. The van der Waals surface area contributed by atoms with Gasteiger partial charge in [0.25, 0.3) is 0 Å². The van der Waals surface area contributed by atoms with Gasteiger partial charge in [0.1, 0.15) is 5.65 Å². The molecule has 1 unspecified atom stereocenters. The Hall–Kier alpha value is -1.92. The highest BCUT2D eigenvalue weighted by Crippen LogP contribution is 2.19. The van der Waals surface area contributed by atoms with Gasteiger partial charge in [0, 0.05) is 45.1 Å². The van der Waals surface area contributed by atoms with E-state index in [2.05, 4.69) is 9.88 Å². The number of morpholine rings is 1. The van der Waals surface area contributed by atoms with Crippen molar-refractivity contribution in [1.82, 2.24) is 19.2 Å².